The van der Waals surface area contributed by atoms with Crippen LogP contribution in [0.15, 0.2) is 30.3 Å². The van der Waals surface area contributed by atoms with Crippen LogP contribution in [0.2, 0.25) is 0 Å². The molecule has 110 valence electrons. The molecule has 0 saturated carbocycles. The van der Waals surface area contributed by atoms with Crippen molar-refractivity contribution >= 4 is 11.7 Å². The molecule has 4 nitrogen and oxygen atoms in total. The van der Waals surface area contributed by atoms with Gasteiger partial charge >= 0.3 is 5.97 Å². The number of carboxylic acid groups (broad SMARTS) is 1. The molecule has 2 rings (SSSR count). The Kier molecular flexibility index (Phi) is 4.33. The summed E-state index contributed by atoms with van der Waals surface area (Å²) in [5, 5.41) is 13.7. The Morgan fingerprint density at radius 1 is 1.20 bits per heavy atom. The quantitative estimate of drug-likeness (QED) is 0.921. The lowest BCUT2D eigenvalue weighted by molar-refractivity contribution is -0.143. The van der Waals surface area contributed by atoms with E-state index in [-0.39, 0.29) is 11.5 Å². The topological polar surface area (TPSA) is 43.8 Å². The van der Waals surface area contributed by atoms with Gasteiger partial charge in [0.2, 0.25) is 0 Å². The highest BCUT2D eigenvalue weighted by Crippen LogP contribution is 2.29. The number of rotatable bonds is 3. The molecule has 20 heavy (non-hydrogen) atoms. The molecule has 0 atom stereocenters. The lowest BCUT2D eigenvalue weighted by atomic mass is 9.97. The van der Waals surface area contributed by atoms with Gasteiger partial charge in [-0.1, -0.05) is 18.2 Å². The van der Waals surface area contributed by atoms with Crippen LogP contribution in [-0.4, -0.2) is 34.7 Å². The second-order valence-corrected chi connectivity index (χ2v) is 6.38. The van der Waals surface area contributed by atoms with Gasteiger partial charge in [0.05, 0.1) is 11.6 Å². The highest BCUT2D eigenvalue weighted by atomic mass is 16.4. The molecule has 0 amide bonds. The zero-order valence-electron chi connectivity index (χ0n) is 12.5. The van der Waals surface area contributed by atoms with E-state index in [0.717, 1.165) is 31.6 Å². The largest absolute Gasteiger partial charge is 0.481 e. The van der Waals surface area contributed by atoms with Gasteiger partial charge in [0.15, 0.2) is 0 Å². The fraction of sp³-hybridized carbons (Fsp3) is 0.562. The number of carboxylic acids is 1. The molecule has 1 heterocycles. The Labute approximate surface area is 121 Å². The summed E-state index contributed by atoms with van der Waals surface area (Å²) in [5.41, 5.74) is 1.13. The van der Waals surface area contributed by atoms with Gasteiger partial charge in [-0.15, -0.1) is 0 Å². The maximum atomic E-state index is 11.1. The average molecular weight is 276 g/mol. The van der Waals surface area contributed by atoms with E-state index in [2.05, 4.69) is 42.9 Å². The van der Waals surface area contributed by atoms with Crippen LogP contribution >= 0.6 is 0 Å². The van der Waals surface area contributed by atoms with Crippen LogP contribution in [0.4, 0.5) is 5.69 Å². The maximum absolute atomic E-state index is 11.1. The monoisotopic (exact) mass is 276 g/mol. The number of anilines is 1. The first-order valence-electron chi connectivity index (χ1n) is 7.22. The van der Waals surface area contributed by atoms with Crippen LogP contribution in [0.3, 0.4) is 0 Å². The number of aliphatic carboxylic acids is 1. The molecule has 0 radical (unpaired) electrons. The Hall–Kier alpha value is -1.55. The summed E-state index contributed by atoms with van der Waals surface area (Å²) in [6.07, 6.45) is 1.43. The molecule has 1 N–H and O–H groups in total. The van der Waals surface area contributed by atoms with Crippen molar-refractivity contribution in [2.45, 2.75) is 39.2 Å². The Bertz CT molecular complexity index is 445. The molecule has 1 aromatic carbocycles. The van der Waals surface area contributed by atoms with Crippen LogP contribution in [0.1, 0.15) is 33.6 Å². The van der Waals surface area contributed by atoms with Crippen molar-refractivity contribution in [1.82, 2.24) is 5.01 Å². The van der Waals surface area contributed by atoms with Gasteiger partial charge in [-0.2, -0.15) is 0 Å². The van der Waals surface area contributed by atoms with Crippen molar-refractivity contribution in [3.8, 4) is 0 Å². The van der Waals surface area contributed by atoms with Gasteiger partial charge in [-0.05, 0) is 45.7 Å². The third-order valence-electron chi connectivity index (χ3n) is 3.74. The summed E-state index contributed by atoms with van der Waals surface area (Å²) in [5.74, 6) is -0.851. The number of hydrazine groups is 1. The fourth-order valence-corrected chi connectivity index (χ4v) is 2.86. The minimum atomic E-state index is -0.660. The van der Waals surface area contributed by atoms with E-state index in [0.29, 0.717) is 0 Å². The molecule has 0 unspecified atom stereocenters. The number of hydrogen-bond donors (Lipinski definition) is 1. The average Bonchev–Trinajstić information content (AvgIpc) is 2.39. The number of hydrogen-bond acceptors (Lipinski definition) is 3. The van der Waals surface area contributed by atoms with Crippen LogP contribution in [0.25, 0.3) is 0 Å². The van der Waals surface area contributed by atoms with E-state index in [1.165, 1.54) is 0 Å². The van der Waals surface area contributed by atoms with Gasteiger partial charge in [0.25, 0.3) is 0 Å². The first-order valence-corrected chi connectivity index (χ1v) is 7.22. The summed E-state index contributed by atoms with van der Waals surface area (Å²) in [6, 6.07) is 10.3. The molecular formula is C16H24N2O2. The molecular weight excluding hydrogens is 252 g/mol. The summed E-state index contributed by atoms with van der Waals surface area (Å²) in [7, 11) is 0. The number of carbonyl (C=O) groups is 1. The normalized spacial score (nSPS) is 17.9. The molecule has 0 aliphatic carbocycles. The Morgan fingerprint density at radius 3 is 2.20 bits per heavy atom. The van der Waals surface area contributed by atoms with Crippen LogP contribution in [0.5, 0.6) is 0 Å². The van der Waals surface area contributed by atoms with Crippen molar-refractivity contribution in [1.29, 1.82) is 0 Å². The molecule has 1 aromatic rings. The van der Waals surface area contributed by atoms with Crippen molar-refractivity contribution in [2.24, 2.45) is 5.92 Å². The zero-order chi connectivity index (χ0) is 14.8. The lowest BCUT2D eigenvalue weighted by Gasteiger charge is -2.47. The predicted molar refractivity (Wildman–Crippen MR) is 80.6 cm³/mol. The van der Waals surface area contributed by atoms with Crippen LogP contribution in [-0.2, 0) is 4.79 Å². The van der Waals surface area contributed by atoms with E-state index in [4.69, 9.17) is 5.11 Å². The highest BCUT2D eigenvalue weighted by Gasteiger charge is 2.32. The van der Waals surface area contributed by atoms with E-state index in [1.54, 1.807) is 0 Å². The van der Waals surface area contributed by atoms with Crippen molar-refractivity contribution < 1.29 is 9.90 Å². The third-order valence-corrected chi connectivity index (χ3v) is 3.74. The smallest absolute Gasteiger partial charge is 0.306 e. The lowest BCUT2D eigenvalue weighted by Crippen LogP contribution is -2.56. The molecule has 4 heteroatoms. The SMILES string of the molecule is CC(C)(C)N(c1ccccc1)N1CCC(C(=O)O)CC1. The van der Waals surface area contributed by atoms with E-state index in [1.807, 2.05) is 18.2 Å². The standard InChI is InChI=1S/C16H24N2O2/c1-16(2,3)18(14-7-5-4-6-8-14)17-11-9-13(10-12-17)15(19)20/h4-8,13H,9-12H2,1-3H3,(H,19,20). The second-order valence-electron chi connectivity index (χ2n) is 6.38. The number of nitrogens with zero attached hydrogens (tertiary/aromatic N) is 2. The second kappa shape index (κ2) is 5.83. The van der Waals surface area contributed by atoms with Gasteiger partial charge in [0, 0.05) is 18.6 Å². The minimum Gasteiger partial charge on any atom is -0.481 e. The molecule has 0 bridgehead atoms. The predicted octanol–water partition coefficient (Wildman–Crippen LogP) is 3.00. The van der Waals surface area contributed by atoms with Crippen molar-refractivity contribution in [2.75, 3.05) is 18.1 Å². The summed E-state index contributed by atoms with van der Waals surface area (Å²) < 4.78 is 0. The minimum absolute atomic E-state index is 0.0303. The summed E-state index contributed by atoms with van der Waals surface area (Å²) in [6.45, 7) is 8.14. The van der Waals surface area contributed by atoms with Gasteiger partial charge in [-0.25, -0.2) is 5.01 Å². The summed E-state index contributed by atoms with van der Waals surface area (Å²) in [4.78, 5) is 11.1. The zero-order valence-corrected chi connectivity index (χ0v) is 12.5. The number of benzene rings is 1. The van der Waals surface area contributed by atoms with Gasteiger partial charge < -0.3 is 10.1 Å². The molecule has 1 aliphatic rings. The van der Waals surface area contributed by atoms with E-state index >= 15 is 0 Å². The van der Waals surface area contributed by atoms with Crippen molar-refractivity contribution in [3.05, 3.63) is 30.3 Å². The van der Waals surface area contributed by atoms with Crippen LogP contribution < -0.4 is 5.01 Å². The Balaban J connectivity index is 2.16. The van der Waals surface area contributed by atoms with Crippen LogP contribution in [0, 0.1) is 5.92 Å². The maximum Gasteiger partial charge on any atom is 0.306 e. The van der Waals surface area contributed by atoms with Crippen molar-refractivity contribution in [3.63, 3.8) is 0 Å². The molecule has 1 aliphatic heterocycles. The summed E-state index contributed by atoms with van der Waals surface area (Å²) >= 11 is 0. The van der Waals surface area contributed by atoms with E-state index in [9.17, 15) is 4.79 Å². The number of piperidine rings is 1. The molecule has 1 fully saturated rings. The first kappa shape index (κ1) is 14.9. The molecule has 1 saturated heterocycles. The third kappa shape index (κ3) is 3.31. The highest BCUT2D eigenvalue weighted by molar-refractivity contribution is 5.70. The number of para-hydroxylation sites is 1. The molecule has 0 aromatic heterocycles. The van der Waals surface area contributed by atoms with Gasteiger partial charge in [-0.3, -0.25) is 4.79 Å². The van der Waals surface area contributed by atoms with E-state index < -0.39 is 5.97 Å². The fourth-order valence-electron chi connectivity index (χ4n) is 2.86. The molecule has 0 spiro atoms. The Morgan fingerprint density at radius 2 is 1.75 bits per heavy atom. The first-order chi connectivity index (χ1) is 9.39. The van der Waals surface area contributed by atoms with Gasteiger partial charge in [0.1, 0.15) is 0 Å².